The highest BCUT2D eigenvalue weighted by Gasteiger charge is 2.29. The van der Waals surface area contributed by atoms with Crippen LogP contribution in [0.25, 0.3) is 0 Å². The first-order valence-electron chi connectivity index (χ1n) is 10.1. The van der Waals surface area contributed by atoms with E-state index in [1.54, 1.807) is 24.3 Å². The van der Waals surface area contributed by atoms with E-state index in [-0.39, 0.29) is 16.7 Å². The number of halogens is 1. The molecular formula is C24H25ClN2O5S. The third kappa shape index (κ3) is 5.77. The number of nitrogens with zero attached hydrogens (tertiary/aromatic N) is 1. The zero-order chi connectivity index (χ0) is 24.0. The highest BCUT2D eigenvalue weighted by atomic mass is 35.5. The van der Waals surface area contributed by atoms with Gasteiger partial charge in [-0.2, -0.15) is 0 Å². The smallest absolute Gasteiger partial charge is 0.264 e. The highest BCUT2D eigenvalue weighted by Crippen LogP contribution is 2.32. The van der Waals surface area contributed by atoms with Crippen molar-refractivity contribution in [2.24, 2.45) is 0 Å². The summed E-state index contributed by atoms with van der Waals surface area (Å²) in [6.45, 7) is 1.41. The maximum absolute atomic E-state index is 13.6. The van der Waals surface area contributed by atoms with E-state index >= 15 is 0 Å². The van der Waals surface area contributed by atoms with Gasteiger partial charge in [0.05, 0.1) is 30.8 Å². The van der Waals surface area contributed by atoms with Crippen LogP contribution in [-0.4, -0.2) is 35.1 Å². The van der Waals surface area contributed by atoms with Crippen molar-refractivity contribution < 1.29 is 22.7 Å². The first-order valence-corrected chi connectivity index (χ1v) is 11.9. The number of amides is 1. The Balaban J connectivity index is 1.94. The van der Waals surface area contributed by atoms with Gasteiger partial charge in [-0.25, -0.2) is 8.42 Å². The van der Waals surface area contributed by atoms with Gasteiger partial charge in [0.15, 0.2) is 11.5 Å². The van der Waals surface area contributed by atoms with E-state index in [0.717, 1.165) is 9.87 Å². The van der Waals surface area contributed by atoms with E-state index in [1.807, 2.05) is 37.3 Å². The average molecular weight is 489 g/mol. The number of methoxy groups -OCH3 is 2. The van der Waals surface area contributed by atoms with Crippen molar-refractivity contribution in [3.8, 4) is 11.5 Å². The Kier molecular flexibility index (Phi) is 7.84. The van der Waals surface area contributed by atoms with E-state index in [2.05, 4.69) is 5.32 Å². The zero-order valence-electron chi connectivity index (χ0n) is 18.5. The molecular weight excluding hydrogens is 464 g/mol. The van der Waals surface area contributed by atoms with Crippen LogP contribution in [0.1, 0.15) is 18.5 Å². The molecule has 0 fully saturated rings. The minimum atomic E-state index is -4.13. The first kappa shape index (κ1) is 24.4. The van der Waals surface area contributed by atoms with E-state index in [1.165, 1.54) is 32.4 Å². The number of benzene rings is 3. The lowest BCUT2D eigenvalue weighted by Crippen LogP contribution is -2.41. The third-order valence-corrected chi connectivity index (χ3v) is 7.04. The Morgan fingerprint density at radius 1 is 0.970 bits per heavy atom. The van der Waals surface area contributed by atoms with Crippen molar-refractivity contribution in [3.63, 3.8) is 0 Å². The molecule has 1 N–H and O–H groups in total. The van der Waals surface area contributed by atoms with Gasteiger partial charge in [0.25, 0.3) is 10.0 Å². The fourth-order valence-corrected chi connectivity index (χ4v) is 4.83. The van der Waals surface area contributed by atoms with Gasteiger partial charge in [-0.05, 0) is 48.9 Å². The second kappa shape index (κ2) is 10.6. The van der Waals surface area contributed by atoms with Crippen molar-refractivity contribution in [2.45, 2.75) is 17.9 Å². The van der Waals surface area contributed by atoms with Crippen LogP contribution in [0.4, 0.5) is 5.69 Å². The van der Waals surface area contributed by atoms with E-state index < -0.39 is 22.5 Å². The second-order valence-corrected chi connectivity index (χ2v) is 9.50. The summed E-state index contributed by atoms with van der Waals surface area (Å²) in [6.07, 6.45) is 0. The summed E-state index contributed by atoms with van der Waals surface area (Å²) in [7, 11) is -1.24. The summed E-state index contributed by atoms with van der Waals surface area (Å²) in [5, 5.41) is 3.30. The Morgan fingerprint density at radius 3 is 2.21 bits per heavy atom. The average Bonchev–Trinajstić information content (AvgIpc) is 2.83. The number of ether oxygens (including phenoxy) is 2. The number of carbonyl (C=O) groups excluding carboxylic acids is 1. The fraction of sp³-hybridized carbons (Fsp3) is 0.208. The standard InChI is InChI=1S/C24H25ClN2O5S/c1-17(18-7-5-4-6-8-18)26-24(28)16-27(20-11-9-19(25)10-12-20)33(29,30)21-13-14-22(31-2)23(15-21)32-3/h4-15,17H,16H2,1-3H3,(H,26,28)/t17-/m0/s1. The SMILES string of the molecule is COc1ccc(S(=O)(=O)N(CC(=O)N[C@@H](C)c2ccccc2)c2ccc(Cl)cc2)cc1OC. The van der Waals surface area contributed by atoms with Gasteiger partial charge < -0.3 is 14.8 Å². The number of carbonyl (C=O) groups is 1. The molecule has 1 amide bonds. The van der Waals surface area contributed by atoms with Crippen LogP contribution < -0.4 is 19.1 Å². The summed E-state index contributed by atoms with van der Waals surface area (Å²) in [4.78, 5) is 12.8. The largest absolute Gasteiger partial charge is 0.493 e. The summed E-state index contributed by atoms with van der Waals surface area (Å²) in [6, 6.07) is 19.6. The summed E-state index contributed by atoms with van der Waals surface area (Å²) >= 11 is 5.99. The van der Waals surface area contributed by atoms with Crippen molar-refractivity contribution in [1.29, 1.82) is 0 Å². The maximum atomic E-state index is 13.6. The molecule has 9 heteroatoms. The topological polar surface area (TPSA) is 84.9 Å². The van der Waals surface area contributed by atoms with Gasteiger partial charge in [-0.1, -0.05) is 41.9 Å². The normalized spacial score (nSPS) is 12.0. The molecule has 3 aromatic carbocycles. The van der Waals surface area contributed by atoms with E-state index in [0.29, 0.717) is 16.5 Å². The Bertz CT molecular complexity index is 1200. The molecule has 0 aliphatic heterocycles. The highest BCUT2D eigenvalue weighted by molar-refractivity contribution is 7.92. The molecule has 1 atom stereocenters. The van der Waals surface area contributed by atoms with Crippen LogP contribution >= 0.6 is 11.6 Å². The molecule has 0 aliphatic carbocycles. The molecule has 3 aromatic rings. The predicted molar refractivity (Wildman–Crippen MR) is 129 cm³/mol. The number of anilines is 1. The Labute approximate surface area is 198 Å². The van der Waals surface area contributed by atoms with Crippen LogP contribution in [0.15, 0.2) is 77.7 Å². The Morgan fingerprint density at radius 2 is 1.61 bits per heavy atom. The van der Waals surface area contributed by atoms with Crippen LogP contribution in [0.3, 0.4) is 0 Å². The fourth-order valence-electron chi connectivity index (χ4n) is 3.27. The minimum absolute atomic E-state index is 0.0426. The number of rotatable bonds is 9. The lowest BCUT2D eigenvalue weighted by molar-refractivity contribution is -0.120. The van der Waals surface area contributed by atoms with Gasteiger partial charge in [0, 0.05) is 11.1 Å². The molecule has 0 aliphatic rings. The van der Waals surface area contributed by atoms with Crippen molar-refractivity contribution in [3.05, 3.63) is 83.4 Å². The summed E-state index contributed by atoms with van der Waals surface area (Å²) in [5.74, 6) is 0.200. The van der Waals surface area contributed by atoms with Crippen molar-refractivity contribution >= 4 is 33.2 Å². The van der Waals surface area contributed by atoms with E-state index in [9.17, 15) is 13.2 Å². The molecule has 0 spiro atoms. The molecule has 7 nitrogen and oxygen atoms in total. The van der Waals surface area contributed by atoms with E-state index in [4.69, 9.17) is 21.1 Å². The molecule has 33 heavy (non-hydrogen) atoms. The molecule has 0 aromatic heterocycles. The molecule has 0 unspecified atom stereocenters. The van der Waals surface area contributed by atoms with Crippen molar-refractivity contribution in [1.82, 2.24) is 5.32 Å². The molecule has 0 saturated heterocycles. The van der Waals surface area contributed by atoms with Crippen LogP contribution in [0, 0.1) is 0 Å². The maximum Gasteiger partial charge on any atom is 0.264 e. The minimum Gasteiger partial charge on any atom is -0.493 e. The van der Waals surface area contributed by atoms with Gasteiger partial charge in [0.1, 0.15) is 6.54 Å². The lowest BCUT2D eigenvalue weighted by Gasteiger charge is -2.25. The van der Waals surface area contributed by atoms with Crippen molar-refractivity contribution in [2.75, 3.05) is 25.1 Å². The molecule has 0 bridgehead atoms. The number of nitrogens with one attached hydrogen (secondary N) is 1. The van der Waals surface area contributed by atoms with Gasteiger partial charge in [-0.3, -0.25) is 9.10 Å². The van der Waals surface area contributed by atoms with Gasteiger partial charge >= 0.3 is 0 Å². The predicted octanol–water partition coefficient (Wildman–Crippen LogP) is 4.43. The van der Waals surface area contributed by atoms with Crippen LogP contribution in [0.5, 0.6) is 11.5 Å². The number of sulfonamides is 1. The zero-order valence-corrected chi connectivity index (χ0v) is 20.1. The quantitative estimate of drug-likeness (QED) is 0.481. The molecule has 0 radical (unpaired) electrons. The summed E-state index contributed by atoms with van der Waals surface area (Å²) in [5.41, 5.74) is 1.21. The second-order valence-electron chi connectivity index (χ2n) is 7.20. The number of hydrogen-bond acceptors (Lipinski definition) is 5. The monoisotopic (exact) mass is 488 g/mol. The lowest BCUT2D eigenvalue weighted by atomic mass is 10.1. The first-order chi connectivity index (χ1) is 15.8. The number of hydrogen-bond donors (Lipinski definition) is 1. The van der Waals surface area contributed by atoms with Crippen LogP contribution in [0.2, 0.25) is 5.02 Å². The molecule has 0 heterocycles. The molecule has 3 rings (SSSR count). The molecule has 174 valence electrons. The molecule has 0 saturated carbocycles. The van der Waals surface area contributed by atoms with Gasteiger partial charge in [-0.15, -0.1) is 0 Å². The Hall–Kier alpha value is -3.23. The van der Waals surface area contributed by atoms with Gasteiger partial charge in [0.2, 0.25) is 5.91 Å². The third-order valence-electron chi connectivity index (χ3n) is 5.02. The summed E-state index contributed by atoms with van der Waals surface area (Å²) < 4.78 is 38.7. The van der Waals surface area contributed by atoms with Crippen LogP contribution in [-0.2, 0) is 14.8 Å².